The molecule has 0 aromatic heterocycles. The summed E-state index contributed by atoms with van der Waals surface area (Å²) in [5.41, 5.74) is 5.99. The number of nitrogens with two attached hydrogens (primary N) is 1. The van der Waals surface area contributed by atoms with E-state index in [0.29, 0.717) is 11.8 Å². The molecule has 2 atom stereocenters. The van der Waals surface area contributed by atoms with E-state index in [4.69, 9.17) is 5.73 Å². The van der Waals surface area contributed by atoms with Crippen molar-refractivity contribution in [3.8, 4) is 0 Å². The number of rotatable bonds is 2. The summed E-state index contributed by atoms with van der Waals surface area (Å²) in [6.07, 6.45) is 4.16. The molecule has 0 aromatic carbocycles. The maximum Gasteiger partial charge on any atom is 0.228 e. The lowest BCUT2D eigenvalue weighted by atomic mass is 9.92. The fourth-order valence-corrected chi connectivity index (χ4v) is 2.55. The third-order valence-corrected chi connectivity index (χ3v) is 4.24. The van der Waals surface area contributed by atoms with E-state index in [-0.39, 0.29) is 23.9 Å². The molecule has 3 nitrogen and oxygen atoms in total. The molecule has 1 amide bonds. The highest BCUT2D eigenvalue weighted by atomic mass is 35.5. The number of amides is 1. The Balaban J connectivity index is 0.00000128. The molecule has 0 radical (unpaired) electrons. The van der Waals surface area contributed by atoms with Crippen molar-refractivity contribution >= 4 is 18.3 Å². The smallest absolute Gasteiger partial charge is 0.228 e. The Kier molecular flexibility index (Phi) is 4.24. The first kappa shape index (κ1) is 13.8. The predicted molar refractivity (Wildman–Crippen MR) is 67.5 cm³/mol. The van der Waals surface area contributed by atoms with Crippen molar-refractivity contribution in [3.63, 3.8) is 0 Å². The highest BCUT2D eigenvalue weighted by molar-refractivity contribution is 5.85. The predicted octanol–water partition coefficient (Wildman–Crippen LogP) is 1.79. The van der Waals surface area contributed by atoms with E-state index < -0.39 is 0 Å². The summed E-state index contributed by atoms with van der Waals surface area (Å²) in [6, 6.07) is 0.283. The van der Waals surface area contributed by atoms with Crippen LogP contribution in [0.2, 0.25) is 0 Å². The molecule has 94 valence electrons. The summed E-state index contributed by atoms with van der Waals surface area (Å²) in [4.78, 5) is 14.3. The van der Waals surface area contributed by atoms with Crippen LogP contribution in [0.25, 0.3) is 0 Å². The third-order valence-electron chi connectivity index (χ3n) is 4.24. The Morgan fingerprint density at radius 3 is 2.56 bits per heavy atom. The van der Waals surface area contributed by atoms with Gasteiger partial charge in [-0.25, -0.2) is 0 Å². The minimum absolute atomic E-state index is 0. The monoisotopic (exact) mass is 246 g/mol. The van der Waals surface area contributed by atoms with Gasteiger partial charge in [0.25, 0.3) is 0 Å². The van der Waals surface area contributed by atoms with E-state index in [9.17, 15) is 4.79 Å². The van der Waals surface area contributed by atoms with Gasteiger partial charge in [-0.1, -0.05) is 13.8 Å². The van der Waals surface area contributed by atoms with Crippen LogP contribution in [0.5, 0.6) is 0 Å². The molecule has 2 rings (SSSR count). The van der Waals surface area contributed by atoms with Crippen LogP contribution < -0.4 is 5.73 Å². The minimum atomic E-state index is 0. The average molecular weight is 247 g/mol. The lowest BCUT2D eigenvalue weighted by Crippen LogP contribution is -2.50. The SMILES string of the molecule is CCC1(C(=O)N2CCC(N)C(C)C2)CC1.Cl. The second-order valence-corrected chi connectivity index (χ2v) is 5.31. The van der Waals surface area contributed by atoms with E-state index in [2.05, 4.69) is 13.8 Å². The summed E-state index contributed by atoms with van der Waals surface area (Å²) in [5, 5.41) is 0. The van der Waals surface area contributed by atoms with Crippen molar-refractivity contribution in [1.29, 1.82) is 0 Å². The zero-order valence-corrected chi connectivity index (χ0v) is 11.1. The van der Waals surface area contributed by atoms with Gasteiger partial charge in [-0.15, -0.1) is 12.4 Å². The first-order valence-corrected chi connectivity index (χ1v) is 6.14. The molecule has 1 saturated carbocycles. The second-order valence-electron chi connectivity index (χ2n) is 5.31. The molecular weight excluding hydrogens is 224 g/mol. The second kappa shape index (κ2) is 4.92. The van der Waals surface area contributed by atoms with Crippen LogP contribution in [0.1, 0.15) is 39.5 Å². The molecule has 16 heavy (non-hydrogen) atoms. The Labute approximate surface area is 104 Å². The molecular formula is C12H23ClN2O. The summed E-state index contributed by atoms with van der Waals surface area (Å²) in [5.74, 6) is 0.846. The molecule has 1 heterocycles. The Hall–Kier alpha value is -0.280. The van der Waals surface area contributed by atoms with Gasteiger partial charge in [-0.3, -0.25) is 4.79 Å². The first-order chi connectivity index (χ1) is 7.09. The van der Waals surface area contributed by atoms with E-state index >= 15 is 0 Å². The maximum absolute atomic E-state index is 12.3. The molecule has 0 spiro atoms. The normalized spacial score (nSPS) is 31.8. The molecule has 2 fully saturated rings. The molecule has 2 unspecified atom stereocenters. The molecule has 1 aliphatic carbocycles. The van der Waals surface area contributed by atoms with Gasteiger partial charge in [-0.2, -0.15) is 0 Å². The fraction of sp³-hybridized carbons (Fsp3) is 0.917. The van der Waals surface area contributed by atoms with Crippen molar-refractivity contribution in [2.45, 2.75) is 45.6 Å². The molecule has 0 bridgehead atoms. The van der Waals surface area contributed by atoms with Crippen LogP contribution in [0.4, 0.5) is 0 Å². The maximum atomic E-state index is 12.3. The van der Waals surface area contributed by atoms with Crippen molar-refractivity contribution in [2.75, 3.05) is 13.1 Å². The zero-order valence-electron chi connectivity index (χ0n) is 10.2. The lowest BCUT2D eigenvalue weighted by molar-refractivity contribution is -0.139. The van der Waals surface area contributed by atoms with Crippen molar-refractivity contribution in [1.82, 2.24) is 4.90 Å². The minimum Gasteiger partial charge on any atom is -0.342 e. The van der Waals surface area contributed by atoms with Gasteiger partial charge in [0.05, 0.1) is 0 Å². The summed E-state index contributed by atoms with van der Waals surface area (Å²) >= 11 is 0. The number of piperidine rings is 1. The van der Waals surface area contributed by atoms with Gasteiger partial charge < -0.3 is 10.6 Å². The number of hydrogen-bond donors (Lipinski definition) is 1. The number of nitrogens with zero attached hydrogens (tertiary/aromatic N) is 1. The van der Waals surface area contributed by atoms with Crippen LogP contribution in [0.15, 0.2) is 0 Å². The molecule has 1 aliphatic heterocycles. The van der Waals surface area contributed by atoms with Gasteiger partial charge in [0.15, 0.2) is 0 Å². The average Bonchev–Trinajstić information content (AvgIpc) is 3.02. The highest BCUT2D eigenvalue weighted by Gasteiger charge is 2.50. The third kappa shape index (κ3) is 2.35. The van der Waals surface area contributed by atoms with Crippen molar-refractivity contribution < 1.29 is 4.79 Å². The van der Waals surface area contributed by atoms with Gasteiger partial charge in [0, 0.05) is 24.5 Å². The zero-order chi connectivity index (χ0) is 11.1. The van der Waals surface area contributed by atoms with E-state index in [1.54, 1.807) is 0 Å². The van der Waals surface area contributed by atoms with Crippen LogP contribution >= 0.6 is 12.4 Å². The Bertz CT molecular complexity index is 266. The van der Waals surface area contributed by atoms with Gasteiger partial charge in [0.2, 0.25) is 5.91 Å². The fourth-order valence-electron chi connectivity index (χ4n) is 2.55. The number of likely N-dealkylation sites (tertiary alicyclic amines) is 1. The van der Waals surface area contributed by atoms with Gasteiger partial charge in [0.1, 0.15) is 0 Å². The lowest BCUT2D eigenvalue weighted by Gasteiger charge is -2.37. The topological polar surface area (TPSA) is 46.3 Å². The van der Waals surface area contributed by atoms with Crippen LogP contribution in [-0.4, -0.2) is 29.9 Å². The summed E-state index contributed by atoms with van der Waals surface area (Å²) in [6.45, 7) is 6.01. The largest absolute Gasteiger partial charge is 0.342 e. The molecule has 1 saturated heterocycles. The molecule has 0 aromatic rings. The highest BCUT2D eigenvalue weighted by Crippen LogP contribution is 2.50. The number of carbonyl (C=O) groups excluding carboxylic acids is 1. The van der Waals surface area contributed by atoms with E-state index in [1.807, 2.05) is 4.90 Å². The van der Waals surface area contributed by atoms with Crippen molar-refractivity contribution in [3.05, 3.63) is 0 Å². The quantitative estimate of drug-likeness (QED) is 0.808. The number of halogens is 1. The van der Waals surface area contributed by atoms with E-state index in [0.717, 1.165) is 38.8 Å². The van der Waals surface area contributed by atoms with Crippen LogP contribution in [0.3, 0.4) is 0 Å². The van der Waals surface area contributed by atoms with Crippen LogP contribution in [-0.2, 0) is 4.79 Å². The molecule has 2 N–H and O–H groups in total. The standard InChI is InChI=1S/C12H22N2O.ClH/c1-3-12(5-6-12)11(15)14-7-4-10(13)9(2)8-14;/h9-10H,3-8,13H2,1-2H3;1H. The summed E-state index contributed by atoms with van der Waals surface area (Å²) in [7, 11) is 0. The van der Waals surface area contributed by atoms with Gasteiger partial charge in [-0.05, 0) is 31.6 Å². The van der Waals surface area contributed by atoms with Crippen molar-refractivity contribution in [2.24, 2.45) is 17.1 Å². The Morgan fingerprint density at radius 2 is 2.12 bits per heavy atom. The first-order valence-electron chi connectivity index (χ1n) is 6.14. The molecule has 4 heteroatoms. The Morgan fingerprint density at radius 1 is 1.50 bits per heavy atom. The van der Waals surface area contributed by atoms with E-state index in [1.165, 1.54) is 0 Å². The summed E-state index contributed by atoms with van der Waals surface area (Å²) < 4.78 is 0. The molecule has 2 aliphatic rings. The number of carbonyl (C=O) groups is 1. The van der Waals surface area contributed by atoms with Gasteiger partial charge >= 0.3 is 0 Å². The number of hydrogen-bond acceptors (Lipinski definition) is 2. The van der Waals surface area contributed by atoms with Crippen LogP contribution in [0, 0.1) is 11.3 Å².